The molecule has 0 bridgehead atoms. The molecule has 17 heavy (non-hydrogen) atoms. The summed E-state index contributed by atoms with van der Waals surface area (Å²) in [5, 5.41) is 10.6. The van der Waals surface area contributed by atoms with E-state index in [1.807, 2.05) is 0 Å². The lowest BCUT2D eigenvalue weighted by Crippen LogP contribution is -2.22. The first-order chi connectivity index (χ1) is 8.09. The Kier molecular flexibility index (Phi) is 4.42. The van der Waals surface area contributed by atoms with Crippen LogP contribution in [0, 0.1) is 11.7 Å². The summed E-state index contributed by atoms with van der Waals surface area (Å²) >= 11 is 9.07. The fourth-order valence-electron chi connectivity index (χ4n) is 2.05. The first-order valence-electron chi connectivity index (χ1n) is 5.50. The van der Waals surface area contributed by atoms with Crippen LogP contribution in [0.15, 0.2) is 16.6 Å². The molecule has 0 aliphatic carbocycles. The van der Waals surface area contributed by atoms with Crippen molar-refractivity contribution in [3.05, 3.63) is 33.0 Å². The number of aliphatic hydroxyl groups excluding tert-OH is 1. The lowest BCUT2D eigenvalue weighted by molar-refractivity contribution is 0.00590. The molecule has 2 nitrogen and oxygen atoms in total. The van der Waals surface area contributed by atoms with Crippen LogP contribution in [0.2, 0.25) is 5.02 Å². The van der Waals surface area contributed by atoms with Crippen molar-refractivity contribution >= 4 is 27.5 Å². The van der Waals surface area contributed by atoms with Gasteiger partial charge in [-0.3, -0.25) is 0 Å². The molecule has 1 saturated heterocycles. The Morgan fingerprint density at radius 2 is 2.06 bits per heavy atom. The second kappa shape index (κ2) is 5.65. The normalized spacial score (nSPS) is 19.3. The van der Waals surface area contributed by atoms with Gasteiger partial charge >= 0.3 is 0 Å². The van der Waals surface area contributed by atoms with Crippen LogP contribution in [-0.2, 0) is 4.74 Å². The van der Waals surface area contributed by atoms with Gasteiger partial charge in [0.25, 0.3) is 0 Å². The van der Waals surface area contributed by atoms with Crippen LogP contribution in [-0.4, -0.2) is 18.3 Å². The number of ether oxygens (including phenoxy) is 1. The molecule has 1 aliphatic heterocycles. The van der Waals surface area contributed by atoms with Gasteiger partial charge in [0.15, 0.2) is 0 Å². The second-order valence-electron chi connectivity index (χ2n) is 4.18. The number of rotatable bonds is 2. The fraction of sp³-hybridized carbons (Fsp3) is 0.500. The van der Waals surface area contributed by atoms with Crippen molar-refractivity contribution in [2.75, 3.05) is 13.2 Å². The number of halogens is 3. The molecule has 1 heterocycles. The molecule has 2 rings (SSSR count). The van der Waals surface area contributed by atoms with Crippen LogP contribution in [0.1, 0.15) is 24.5 Å². The third kappa shape index (κ3) is 2.99. The molecular formula is C12H13BrClFO2. The largest absolute Gasteiger partial charge is 0.388 e. The molecule has 1 N–H and O–H groups in total. The van der Waals surface area contributed by atoms with E-state index in [1.54, 1.807) is 0 Å². The zero-order valence-electron chi connectivity index (χ0n) is 9.13. The molecule has 0 spiro atoms. The van der Waals surface area contributed by atoms with E-state index in [1.165, 1.54) is 12.1 Å². The Bertz CT molecular complexity index is 408. The maximum absolute atomic E-state index is 13.8. The van der Waals surface area contributed by atoms with Crippen molar-refractivity contribution in [1.29, 1.82) is 0 Å². The maximum Gasteiger partial charge on any atom is 0.130 e. The van der Waals surface area contributed by atoms with Gasteiger partial charge in [-0.1, -0.05) is 11.6 Å². The zero-order chi connectivity index (χ0) is 12.4. The summed E-state index contributed by atoms with van der Waals surface area (Å²) in [6.45, 7) is 1.24. The van der Waals surface area contributed by atoms with Gasteiger partial charge in [0, 0.05) is 23.2 Å². The maximum atomic E-state index is 13.8. The van der Waals surface area contributed by atoms with Gasteiger partial charge in [-0.2, -0.15) is 0 Å². The Morgan fingerprint density at radius 1 is 1.41 bits per heavy atom. The van der Waals surface area contributed by atoms with E-state index in [2.05, 4.69) is 15.9 Å². The Balaban J connectivity index is 2.23. The summed E-state index contributed by atoms with van der Waals surface area (Å²) in [6.07, 6.45) is 0.673. The quantitative estimate of drug-likeness (QED) is 0.841. The first kappa shape index (κ1) is 13.3. The van der Waals surface area contributed by atoms with Crippen molar-refractivity contribution < 1.29 is 14.2 Å². The van der Waals surface area contributed by atoms with E-state index in [-0.39, 0.29) is 11.5 Å². The van der Waals surface area contributed by atoms with Crippen molar-refractivity contribution in [2.24, 2.45) is 5.92 Å². The van der Waals surface area contributed by atoms with E-state index in [4.69, 9.17) is 16.3 Å². The standard InChI is InChI=1S/C12H13BrClFO2/c13-9-6-11(15)8(5-10(9)14)12(16)7-1-3-17-4-2-7/h5-7,12,16H,1-4H2. The topological polar surface area (TPSA) is 29.5 Å². The molecule has 1 atom stereocenters. The van der Waals surface area contributed by atoms with Gasteiger partial charge in [0.05, 0.1) is 11.1 Å². The molecule has 94 valence electrons. The summed E-state index contributed by atoms with van der Waals surface area (Å²) in [5.74, 6) is -0.393. The van der Waals surface area contributed by atoms with E-state index < -0.39 is 11.9 Å². The van der Waals surface area contributed by atoms with Gasteiger partial charge in [-0.25, -0.2) is 4.39 Å². The molecular weight excluding hydrogens is 310 g/mol. The third-order valence-corrected chi connectivity index (χ3v) is 4.27. The van der Waals surface area contributed by atoms with Crippen LogP contribution in [0.5, 0.6) is 0 Å². The smallest absolute Gasteiger partial charge is 0.130 e. The van der Waals surface area contributed by atoms with Gasteiger partial charge in [-0.15, -0.1) is 0 Å². The van der Waals surface area contributed by atoms with E-state index in [0.29, 0.717) is 22.7 Å². The third-order valence-electron chi connectivity index (χ3n) is 3.07. The molecule has 1 unspecified atom stereocenters. The van der Waals surface area contributed by atoms with Crippen molar-refractivity contribution in [3.63, 3.8) is 0 Å². The molecule has 1 fully saturated rings. The van der Waals surface area contributed by atoms with Crippen molar-refractivity contribution in [3.8, 4) is 0 Å². The predicted octanol–water partition coefficient (Wildman–Crippen LogP) is 3.70. The summed E-state index contributed by atoms with van der Waals surface area (Å²) in [6, 6.07) is 2.78. The summed E-state index contributed by atoms with van der Waals surface area (Å²) < 4.78 is 19.5. The molecule has 5 heteroatoms. The molecule has 0 aromatic heterocycles. The van der Waals surface area contributed by atoms with Crippen molar-refractivity contribution in [2.45, 2.75) is 18.9 Å². The minimum absolute atomic E-state index is 0.0375. The van der Waals surface area contributed by atoms with E-state index in [9.17, 15) is 9.50 Å². The van der Waals surface area contributed by atoms with E-state index in [0.717, 1.165) is 12.8 Å². The summed E-state index contributed by atoms with van der Waals surface area (Å²) in [7, 11) is 0. The minimum Gasteiger partial charge on any atom is -0.388 e. The first-order valence-corrected chi connectivity index (χ1v) is 6.67. The summed E-state index contributed by atoms with van der Waals surface area (Å²) in [4.78, 5) is 0. The summed E-state index contributed by atoms with van der Waals surface area (Å²) in [5.41, 5.74) is 0.269. The Labute approximate surface area is 113 Å². The number of benzene rings is 1. The highest BCUT2D eigenvalue weighted by Gasteiger charge is 2.26. The van der Waals surface area contributed by atoms with Crippen LogP contribution >= 0.6 is 27.5 Å². The van der Waals surface area contributed by atoms with Crippen LogP contribution < -0.4 is 0 Å². The molecule has 1 aliphatic rings. The number of aliphatic hydroxyl groups is 1. The molecule has 0 radical (unpaired) electrons. The Hall–Kier alpha value is -0.160. The van der Waals surface area contributed by atoms with Crippen LogP contribution in [0.25, 0.3) is 0 Å². The minimum atomic E-state index is -0.815. The lowest BCUT2D eigenvalue weighted by Gasteiger charge is -2.27. The average molecular weight is 324 g/mol. The SMILES string of the molecule is OC(c1cc(Cl)c(Br)cc1F)C1CCOCC1. The van der Waals surface area contributed by atoms with Crippen LogP contribution in [0.4, 0.5) is 4.39 Å². The van der Waals surface area contributed by atoms with Gasteiger partial charge in [-0.05, 0) is 46.8 Å². The fourth-order valence-corrected chi connectivity index (χ4v) is 2.54. The second-order valence-corrected chi connectivity index (χ2v) is 5.44. The number of hydrogen-bond acceptors (Lipinski definition) is 2. The number of hydrogen-bond donors (Lipinski definition) is 1. The highest BCUT2D eigenvalue weighted by Crippen LogP contribution is 2.35. The molecule has 1 aromatic rings. The predicted molar refractivity (Wildman–Crippen MR) is 67.6 cm³/mol. The molecule has 0 saturated carbocycles. The Morgan fingerprint density at radius 3 is 2.71 bits per heavy atom. The van der Waals surface area contributed by atoms with Gasteiger partial charge < -0.3 is 9.84 Å². The lowest BCUT2D eigenvalue weighted by atomic mass is 9.89. The highest BCUT2D eigenvalue weighted by atomic mass is 79.9. The van der Waals surface area contributed by atoms with Gasteiger partial charge in [0.2, 0.25) is 0 Å². The van der Waals surface area contributed by atoms with Crippen molar-refractivity contribution in [1.82, 2.24) is 0 Å². The highest BCUT2D eigenvalue weighted by molar-refractivity contribution is 9.10. The monoisotopic (exact) mass is 322 g/mol. The van der Waals surface area contributed by atoms with E-state index >= 15 is 0 Å². The molecule has 1 aromatic carbocycles. The molecule has 0 amide bonds. The van der Waals surface area contributed by atoms with Gasteiger partial charge in [0.1, 0.15) is 5.82 Å². The average Bonchev–Trinajstić information content (AvgIpc) is 2.34. The van der Waals surface area contributed by atoms with Crippen LogP contribution in [0.3, 0.4) is 0 Å². The zero-order valence-corrected chi connectivity index (χ0v) is 11.5.